The Bertz CT molecular complexity index is 858. The third-order valence-corrected chi connectivity index (χ3v) is 5.27. The van der Waals surface area contributed by atoms with Crippen LogP contribution in [0, 0.1) is 23.1 Å². The van der Waals surface area contributed by atoms with Crippen molar-refractivity contribution in [2.75, 3.05) is 23.7 Å². The number of halogens is 1. The van der Waals surface area contributed by atoms with Gasteiger partial charge < -0.3 is 10.6 Å². The van der Waals surface area contributed by atoms with Crippen molar-refractivity contribution in [1.82, 2.24) is 0 Å². The highest BCUT2D eigenvalue weighted by atomic mass is 19.1. The molecular formula is C22H24FN3. The van der Waals surface area contributed by atoms with E-state index < -0.39 is 0 Å². The number of nitrogen functional groups attached to an aromatic ring is 1. The molecule has 0 radical (unpaired) electrons. The van der Waals surface area contributed by atoms with Gasteiger partial charge in [-0.15, -0.1) is 0 Å². The number of hydrogen-bond donors (Lipinski definition) is 1. The Kier molecular flexibility index (Phi) is 5.27. The van der Waals surface area contributed by atoms with Crippen molar-refractivity contribution in [2.24, 2.45) is 5.92 Å². The summed E-state index contributed by atoms with van der Waals surface area (Å²) >= 11 is 0. The molecule has 0 saturated carbocycles. The summed E-state index contributed by atoms with van der Waals surface area (Å²) in [7, 11) is 0. The van der Waals surface area contributed by atoms with Crippen LogP contribution in [-0.2, 0) is 6.42 Å². The third-order valence-electron chi connectivity index (χ3n) is 5.27. The lowest BCUT2D eigenvalue weighted by atomic mass is 9.85. The lowest BCUT2D eigenvalue weighted by molar-refractivity contribution is 0.488. The molecule has 0 spiro atoms. The first kappa shape index (κ1) is 18.0. The summed E-state index contributed by atoms with van der Waals surface area (Å²) in [5, 5.41) is 8.96. The number of allylic oxidation sites excluding steroid dienone is 1. The number of nitriles is 1. The minimum Gasteiger partial charge on any atom is -0.397 e. The second-order valence-electron chi connectivity index (χ2n) is 6.84. The zero-order valence-electron chi connectivity index (χ0n) is 15.1. The lowest BCUT2D eigenvalue weighted by Gasteiger charge is -2.35. The van der Waals surface area contributed by atoms with Crippen LogP contribution in [0.4, 0.5) is 15.8 Å². The van der Waals surface area contributed by atoms with Crippen LogP contribution >= 0.6 is 0 Å². The number of aryl methyl sites for hydroxylation is 1. The SMILES string of the molecule is C=C(c1ccc(CC)cc1F)C1CCN(c2ccc(C#N)cc2N)CC1. The summed E-state index contributed by atoms with van der Waals surface area (Å²) in [6, 6.07) is 13.0. The number of nitrogens with zero attached hydrogens (tertiary/aromatic N) is 2. The van der Waals surface area contributed by atoms with Crippen molar-refractivity contribution < 1.29 is 4.39 Å². The molecule has 3 nitrogen and oxygen atoms in total. The molecule has 1 aliphatic heterocycles. The molecule has 0 aromatic heterocycles. The first-order chi connectivity index (χ1) is 12.5. The van der Waals surface area contributed by atoms with Crippen molar-refractivity contribution in [1.29, 1.82) is 5.26 Å². The van der Waals surface area contributed by atoms with E-state index >= 15 is 0 Å². The zero-order chi connectivity index (χ0) is 18.7. The van der Waals surface area contributed by atoms with Gasteiger partial charge in [-0.3, -0.25) is 0 Å². The normalized spacial score (nSPS) is 14.9. The van der Waals surface area contributed by atoms with Gasteiger partial charge in [0.2, 0.25) is 0 Å². The molecule has 0 aliphatic carbocycles. The van der Waals surface area contributed by atoms with Crippen molar-refractivity contribution in [3.63, 3.8) is 0 Å². The Morgan fingerprint density at radius 2 is 2.00 bits per heavy atom. The standard InChI is InChI=1S/C22H24FN3/c1-3-16-4-6-19(20(23)12-16)15(2)18-8-10-26(11-9-18)22-7-5-17(14-24)13-21(22)25/h4-7,12-13,18H,2-3,8-11,25H2,1H3. The molecule has 1 fully saturated rings. The third kappa shape index (κ3) is 3.57. The van der Waals surface area contributed by atoms with Gasteiger partial charge in [0.15, 0.2) is 0 Å². The molecule has 1 heterocycles. The van der Waals surface area contributed by atoms with E-state index in [2.05, 4.69) is 17.5 Å². The van der Waals surface area contributed by atoms with Crippen molar-refractivity contribution >= 4 is 16.9 Å². The number of benzene rings is 2. The van der Waals surface area contributed by atoms with Crippen LogP contribution in [0.15, 0.2) is 43.0 Å². The average Bonchev–Trinajstić information content (AvgIpc) is 2.67. The van der Waals surface area contributed by atoms with Gasteiger partial charge in [-0.25, -0.2) is 4.39 Å². The Balaban J connectivity index is 1.69. The average molecular weight is 349 g/mol. The minimum absolute atomic E-state index is 0.173. The highest BCUT2D eigenvalue weighted by Gasteiger charge is 2.24. The van der Waals surface area contributed by atoms with E-state index in [1.165, 1.54) is 0 Å². The smallest absolute Gasteiger partial charge is 0.130 e. The number of anilines is 2. The second kappa shape index (κ2) is 7.61. The first-order valence-electron chi connectivity index (χ1n) is 9.05. The molecular weight excluding hydrogens is 325 g/mol. The van der Waals surface area contributed by atoms with Gasteiger partial charge in [0, 0.05) is 18.7 Å². The quantitative estimate of drug-likeness (QED) is 0.809. The highest BCUT2D eigenvalue weighted by Crippen LogP contribution is 2.35. The molecule has 0 unspecified atom stereocenters. The molecule has 0 atom stereocenters. The van der Waals surface area contributed by atoms with Crippen molar-refractivity contribution in [3.8, 4) is 6.07 Å². The van der Waals surface area contributed by atoms with Gasteiger partial charge in [0.1, 0.15) is 5.82 Å². The van der Waals surface area contributed by atoms with Gasteiger partial charge in [-0.1, -0.05) is 25.6 Å². The summed E-state index contributed by atoms with van der Waals surface area (Å²) < 4.78 is 14.4. The molecule has 134 valence electrons. The van der Waals surface area contributed by atoms with Crippen LogP contribution in [0.3, 0.4) is 0 Å². The maximum Gasteiger partial charge on any atom is 0.130 e. The highest BCUT2D eigenvalue weighted by molar-refractivity contribution is 5.71. The van der Waals surface area contributed by atoms with E-state index in [0.29, 0.717) is 16.8 Å². The Morgan fingerprint density at radius 1 is 1.27 bits per heavy atom. The van der Waals surface area contributed by atoms with E-state index in [4.69, 9.17) is 11.0 Å². The van der Waals surface area contributed by atoms with E-state index in [1.807, 2.05) is 25.1 Å². The van der Waals surface area contributed by atoms with Crippen LogP contribution in [-0.4, -0.2) is 13.1 Å². The van der Waals surface area contributed by atoms with Crippen LogP contribution in [0.2, 0.25) is 0 Å². The summed E-state index contributed by atoms with van der Waals surface area (Å²) in [5.41, 5.74) is 10.8. The minimum atomic E-state index is -0.173. The van der Waals surface area contributed by atoms with Crippen molar-refractivity contribution in [3.05, 3.63) is 65.5 Å². The van der Waals surface area contributed by atoms with E-state index in [-0.39, 0.29) is 11.7 Å². The van der Waals surface area contributed by atoms with E-state index in [0.717, 1.165) is 49.2 Å². The van der Waals surface area contributed by atoms with Gasteiger partial charge in [0.25, 0.3) is 0 Å². The number of piperidine rings is 1. The molecule has 26 heavy (non-hydrogen) atoms. The fourth-order valence-corrected chi connectivity index (χ4v) is 3.64. The lowest BCUT2D eigenvalue weighted by Crippen LogP contribution is -2.34. The summed E-state index contributed by atoms with van der Waals surface area (Å²) in [4.78, 5) is 2.23. The molecule has 1 aliphatic rings. The summed E-state index contributed by atoms with van der Waals surface area (Å²) in [6.45, 7) is 7.89. The molecule has 2 aromatic rings. The molecule has 2 aromatic carbocycles. The monoisotopic (exact) mass is 349 g/mol. The fourth-order valence-electron chi connectivity index (χ4n) is 3.64. The van der Waals surface area contributed by atoms with Gasteiger partial charge in [0.05, 0.1) is 23.0 Å². The molecule has 1 saturated heterocycles. The number of nitrogens with two attached hydrogens (primary N) is 1. The second-order valence-corrected chi connectivity index (χ2v) is 6.84. The number of rotatable bonds is 4. The maximum absolute atomic E-state index is 14.4. The van der Waals surface area contributed by atoms with Gasteiger partial charge in [-0.2, -0.15) is 5.26 Å². The number of hydrogen-bond acceptors (Lipinski definition) is 3. The van der Waals surface area contributed by atoms with Crippen LogP contribution in [0.25, 0.3) is 5.57 Å². The van der Waals surface area contributed by atoms with Crippen molar-refractivity contribution in [2.45, 2.75) is 26.2 Å². The predicted octanol–water partition coefficient (Wildman–Crippen LogP) is 4.77. The largest absolute Gasteiger partial charge is 0.397 e. The molecule has 0 amide bonds. The topological polar surface area (TPSA) is 53.0 Å². The summed E-state index contributed by atoms with van der Waals surface area (Å²) in [6.07, 6.45) is 2.65. The van der Waals surface area contributed by atoms with E-state index in [1.54, 1.807) is 18.2 Å². The fraction of sp³-hybridized carbons (Fsp3) is 0.318. The van der Waals surface area contributed by atoms with Gasteiger partial charge >= 0.3 is 0 Å². The Morgan fingerprint density at radius 3 is 2.58 bits per heavy atom. The molecule has 2 N–H and O–H groups in total. The molecule has 3 rings (SSSR count). The Labute approximate surface area is 154 Å². The maximum atomic E-state index is 14.4. The van der Waals surface area contributed by atoms with Crippen LogP contribution < -0.4 is 10.6 Å². The van der Waals surface area contributed by atoms with Crippen LogP contribution in [0.1, 0.15) is 36.5 Å². The summed E-state index contributed by atoms with van der Waals surface area (Å²) in [5.74, 6) is 0.0981. The first-order valence-corrected chi connectivity index (χ1v) is 9.05. The predicted molar refractivity (Wildman–Crippen MR) is 105 cm³/mol. The molecule has 0 bridgehead atoms. The van der Waals surface area contributed by atoms with Crippen LogP contribution in [0.5, 0.6) is 0 Å². The Hall–Kier alpha value is -2.80. The molecule has 4 heteroatoms. The van der Waals surface area contributed by atoms with E-state index in [9.17, 15) is 4.39 Å². The van der Waals surface area contributed by atoms with Gasteiger partial charge in [-0.05, 0) is 60.6 Å². The zero-order valence-corrected chi connectivity index (χ0v) is 15.1.